The van der Waals surface area contributed by atoms with Crippen LogP contribution in [-0.4, -0.2) is 84.0 Å². The van der Waals surface area contributed by atoms with Gasteiger partial charge >= 0.3 is 115 Å². The zero-order valence-electron chi connectivity index (χ0n) is 10.9. The molecule has 6 nitrogen and oxygen atoms in total. The van der Waals surface area contributed by atoms with Crippen LogP contribution in [0.4, 0.5) is 0 Å². The van der Waals surface area contributed by atoms with E-state index >= 15 is 0 Å². The van der Waals surface area contributed by atoms with Crippen LogP contribution in [0, 0.1) is 0 Å². The molecule has 11 heteroatoms. The Labute approximate surface area is 115 Å². The summed E-state index contributed by atoms with van der Waals surface area (Å²) in [5.41, 5.74) is 0. The zero-order valence-corrected chi connectivity index (χ0v) is 16.2. The maximum absolute atomic E-state index is 3.55. The van der Waals surface area contributed by atoms with Crippen molar-refractivity contribution in [2.45, 2.75) is 0 Å². The zero-order chi connectivity index (χ0) is 12.7. The molecule has 98 valence electrons. The Kier molecular flexibility index (Phi) is 3.49. The van der Waals surface area contributed by atoms with Gasteiger partial charge < -0.3 is 0 Å². The minimum absolute atomic E-state index is 0.273. The van der Waals surface area contributed by atoms with Gasteiger partial charge in [0.25, 0.3) is 0 Å². The predicted molar refractivity (Wildman–Crippen MR) is 80.0 cm³/mol. The molecular weight excluding hydrogens is 359 g/mol. The van der Waals surface area contributed by atoms with Crippen LogP contribution in [-0.2, 0) is 0 Å². The van der Waals surface area contributed by atoms with Gasteiger partial charge in [0, 0.05) is 0 Å². The Morgan fingerprint density at radius 2 is 0.882 bits per heavy atom. The van der Waals surface area contributed by atoms with Crippen molar-refractivity contribution in [3.05, 3.63) is 0 Å². The third-order valence-corrected chi connectivity index (χ3v) is 24.0. The molecule has 0 radical (unpaired) electrons. The number of rotatable bonds is 0. The summed E-state index contributed by atoms with van der Waals surface area (Å²) in [5, 5.41) is 0. The Bertz CT molecular complexity index is 341. The van der Waals surface area contributed by atoms with E-state index in [0.29, 0.717) is 0 Å². The van der Waals surface area contributed by atoms with Gasteiger partial charge in [0.2, 0.25) is 0 Å². The summed E-state index contributed by atoms with van der Waals surface area (Å²) in [6, 6.07) is 0. The van der Waals surface area contributed by atoms with Gasteiger partial charge in [-0.3, -0.25) is 0 Å². The fourth-order valence-corrected chi connectivity index (χ4v) is 26.1. The summed E-state index contributed by atoms with van der Waals surface area (Å²) in [6.45, 7) is 0. The van der Waals surface area contributed by atoms with E-state index in [-0.39, 0.29) is 25.1 Å². The summed E-state index contributed by atoms with van der Waals surface area (Å²) >= 11 is 3.55. The normalized spacial score (nSPS) is 50.6. The molecule has 0 aromatic rings. The van der Waals surface area contributed by atoms with Gasteiger partial charge in [-0.2, -0.15) is 0 Å². The summed E-state index contributed by atoms with van der Waals surface area (Å²) in [6.07, 6.45) is 0. The van der Waals surface area contributed by atoms with Gasteiger partial charge in [-0.1, -0.05) is 0 Å². The molecule has 4 rings (SSSR count). The summed E-state index contributed by atoms with van der Waals surface area (Å²) in [7, 11) is 12.8. The van der Waals surface area contributed by atoms with E-state index in [2.05, 4.69) is 84.0 Å². The number of nitrogens with zero attached hydrogens (tertiary/aromatic N) is 6. The molecule has 0 aliphatic carbocycles. The first-order valence-electron chi connectivity index (χ1n) is 5.27. The standard InChI is InChI=1S/C6H18N6P4Se/c1-7-13-8(2)15-9(3)14(7)11(5)16(17,10(13)4)12(15)6/h1-6H3. The van der Waals surface area contributed by atoms with Crippen molar-refractivity contribution in [2.24, 2.45) is 0 Å². The summed E-state index contributed by atoms with van der Waals surface area (Å²) < 4.78 is 15.5. The molecule has 4 aliphatic rings. The second kappa shape index (κ2) is 4.25. The van der Waals surface area contributed by atoms with Crippen molar-refractivity contribution in [1.29, 1.82) is 0 Å². The van der Waals surface area contributed by atoms with Crippen LogP contribution in [0.2, 0.25) is 0 Å². The first kappa shape index (κ1) is 14.0. The molecule has 4 fully saturated rings. The fraction of sp³-hybridized carbons (Fsp3) is 1.00. The molecular formula is C6H18N6P4Se. The molecule has 0 unspecified atom stereocenters. The third-order valence-electron chi connectivity index (χ3n) is 3.46. The second-order valence-electron chi connectivity index (χ2n) is 4.25. The van der Waals surface area contributed by atoms with Crippen molar-refractivity contribution >= 4 is 46.2 Å². The molecule has 17 heavy (non-hydrogen) atoms. The van der Waals surface area contributed by atoms with E-state index in [1.165, 1.54) is 0 Å². The number of hydrogen-bond acceptors (Lipinski definition) is 6. The van der Waals surface area contributed by atoms with Crippen LogP contribution >= 0.6 is 31.1 Å². The first-order chi connectivity index (χ1) is 7.83. The van der Waals surface area contributed by atoms with E-state index in [1.54, 1.807) is 0 Å². The molecule has 0 spiro atoms. The summed E-state index contributed by atoms with van der Waals surface area (Å²) in [4.78, 5) is 0. The molecule has 0 amide bonds. The fourth-order valence-electron chi connectivity index (χ4n) is 2.78. The van der Waals surface area contributed by atoms with Crippen molar-refractivity contribution in [1.82, 2.24) is 26.6 Å². The van der Waals surface area contributed by atoms with Gasteiger partial charge in [0.05, 0.1) is 0 Å². The molecule has 0 N–H and O–H groups in total. The second-order valence-corrected chi connectivity index (χ2v) is 19.1. The van der Waals surface area contributed by atoms with Crippen molar-refractivity contribution < 1.29 is 0 Å². The van der Waals surface area contributed by atoms with Gasteiger partial charge in [-0.25, -0.2) is 0 Å². The molecule has 0 saturated carbocycles. The minimum atomic E-state index is -1.37. The average molecular weight is 377 g/mol. The molecule has 0 aromatic carbocycles. The Morgan fingerprint density at radius 1 is 0.647 bits per heavy atom. The van der Waals surface area contributed by atoms with E-state index in [1.807, 2.05) is 0 Å². The number of hydrogen-bond donors (Lipinski definition) is 0. The van der Waals surface area contributed by atoms with E-state index in [4.69, 9.17) is 0 Å². The van der Waals surface area contributed by atoms with E-state index in [0.717, 1.165) is 0 Å². The maximum atomic E-state index is 3.55. The van der Waals surface area contributed by atoms with Crippen LogP contribution in [0.5, 0.6) is 0 Å². The molecule has 4 bridgehead atoms. The van der Waals surface area contributed by atoms with Gasteiger partial charge in [0.1, 0.15) is 0 Å². The van der Waals surface area contributed by atoms with E-state index in [9.17, 15) is 0 Å². The SMILES string of the molecule is CN1P2N(C)P3N(C)P1N(C)P(=[Se])(N2C)N3C. The summed E-state index contributed by atoms with van der Waals surface area (Å²) in [5.74, 6) is -1.37. The Hall–Kier alpha value is 2.00. The molecule has 0 atom stereocenters. The first-order valence-corrected chi connectivity index (χ1v) is 12.7. The van der Waals surface area contributed by atoms with Crippen molar-refractivity contribution in [3.63, 3.8) is 0 Å². The average Bonchev–Trinajstić information content (AvgIpc) is 2.23. The molecule has 4 heterocycles. The van der Waals surface area contributed by atoms with Gasteiger partial charge in [-0.15, -0.1) is 0 Å². The van der Waals surface area contributed by atoms with Crippen LogP contribution in [0.15, 0.2) is 0 Å². The Balaban J connectivity index is 2.17. The van der Waals surface area contributed by atoms with Gasteiger partial charge in [0.15, 0.2) is 0 Å². The molecule has 4 saturated heterocycles. The van der Waals surface area contributed by atoms with Crippen LogP contribution in [0.3, 0.4) is 0 Å². The predicted octanol–water partition coefficient (Wildman–Crippen LogP) is 2.14. The quantitative estimate of drug-likeness (QED) is 0.473. The Morgan fingerprint density at radius 3 is 1.12 bits per heavy atom. The third kappa shape index (κ3) is 1.47. The van der Waals surface area contributed by atoms with Crippen LogP contribution in [0.25, 0.3) is 0 Å². The van der Waals surface area contributed by atoms with Gasteiger partial charge in [-0.05, 0) is 0 Å². The van der Waals surface area contributed by atoms with Crippen molar-refractivity contribution in [3.8, 4) is 0 Å². The molecule has 4 aliphatic heterocycles. The topological polar surface area (TPSA) is 19.4 Å². The van der Waals surface area contributed by atoms with Crippen LogP contribution in [0.1, 0.15) is 0 Å². The van der Waals surface area contributed by atoms with E-state index < -0.39 is 5.96 Å². The van der Waals surface area contributed by atoms with Crippen molar-refractivity contribution in [2.75, 3.05) is 42.3 Å². The monoisotopic (exact) mass is 378 g/mol. The van der Waals surface area contributed by atoms with Crippen LogP contribution < -0.4 is 0 Å². The molecule has 0 aromatic heterocycles.